The van der Waals surface area contributed by atoms with Crippen molar-refractivity contribution < 1.29 is 0 Å². The summed E-state index contributed by atoms with van der Waals surface area (Å²) in [5.41, 5.74) is 18.3. The SMILES string of the molecule is Cc1ccccc1N(c1ccc2c3c(cccc13)C(c1ccccc1)(c1ccccc1)c1cc(C(c3ccc(C(C)(C)C)cc3)c3ccc(C(C)(C)C)cc3)c3c(sc4ccccc43)c1-2)c1cccc2c1sc1ccccc12. The minimum Gasteiger partial charge on any atom is -0.308 e. The summed E-state index contributed by atoms with van der Waals surface area (Å²) in [7, 11) is 0. The number of fused-ring (bicyclic) bond motifs is 9. The van der Waals surface area contributed by atoms with Crippen LogP contribution in [0.5, 0.6) is 0 Å². The molecule has 1 aliphatic carbocycles. The number of thiophene rings is 2. The molecule has 1 nitrogen and oxygen atoms in total. The van der Waals surface area contributed by atoms with E-state index in [1.807, 2.05) is 22.7 Å². The zero-order valence-electron chi connectivity index (χ0n) is 45.4. The minimum absolute atomic E-state index is 0.0210. The standard InChI is InChI=1S/C75H61NS2/c1-47-22-14-17-32-62(47)76(64-33-21-29-55-54-27-15-18-34-65(54)77-71(55)64)63-45-44-58-68-56(63)30-20-31-60(68)75(52-23-10-8-11-24-52,53-25-12-9-13-26-53)61-46-59(69-57-28-16-19-35-66(57)78-72(69)70(58)61)67(48-36-40-50(41-37-48)73(2,3)4)49-38-42-51(43-39-49)74(5,6)7/h8-46,67H,1-7H3. The van der Waals surface area contributed by atoms with Gasteiger partial charge < -0.3 is 4.90 Å². The van der Waals surface area contributed by atoms with Crippen LogP contribution in [0.1, 0.15) is 103 Å². The molecule has 0 atom stereocenters. The first-order valence-electron chi connectivity index (χ1n) is 27.5. The van der Waals surface area contributed by atoms with Gasteiger partial charge in [0.15, 0.2) is 0 Å². The van der Waals surface area contributed by atoms with Crippen molar-refractivity contribution in [2.45, 2.75) is 70.6 Å². The van der Waals surface area contributed by atoms with Crippen LogP contribution < -0.4 is 4.90 Å². The number of para-hydroxylation sites is 1. The Kier molecular flexibility index (Phi) is 11.3. The maximum atomic E-state index is 2.67. The van der Waals surface area contributed by atoms with Crippen molar-refractivity contribution in [1.29, 1.82) is 0 Å². The lowest BCUT2D eigenvalue weighted by Gasteiger charge is -2.43. The monoisotopic (exact) mass is 1040 g/mol. The van der Waals surface area contributed by atoms with Crippen molar-refractivity contribution in [1.82, 2.24) is 0 Å². The molecule has 0 N–H and O–H groups in total. The van der Waals surface area contributed by atoms with Crippen molar-refractivity contribution in [3.05, 3.63) is 292 Å². The summed E-state index contributed by atoms with van der Waals surface area (Å²) in [6.07, 6.45) is 0. The molecule has 0 saturated carbocycles. The van der Waals surface area contributed by atoms with E-state index in [0.717, 1.165) is 5.69 Å². The van der Waals surface area contributed by atoms with E-state index in [4.69, 9.17) is 0 Å². The van der Waals surface area contributed by atoms with Crippen LogP contribution in [0.15, 0.2) is 237 Å². The first-order valence-corrected chi connectivity index (χ1v) is 29.2. The highest BCUT2D eigenvalue weighted by Crippen LogP contribution is 2.61. The molecular weight excluding hydrogens is 979 g/mol. The lowest BCUT2D eigenvalue weighted by molar-refractivity contribution is 0.589. The van der Waals surface area contributed by atoms with Crippen molar-refractivity contribution in [3.63, 3.8) is 0 Å². The summed E-state index contributed by atoms with van der Waals surface area (Å²) in [6, 6.07) is 90.6. The fraction of sp³-hybridized carbons (Fsp3) is 0.147. The molecule has 0 bridgehead atoms. The van der Waals surface area contributed by atoms with E-state index in [-0.39, 0.29) is 16.7 Å². The van der Waals surface area contributed by atoms with Crippen LogP contribution in [0.25, 0.3) is 62.2 Å². The Morgan fingerprint density at radius 2 is 0.910 bits per heavy atom. The van der Waals surface area contributed by atoms with Gasteiger partial charge in [0.2, 0.25) is 0 Å². The fourth-order valence-corrected chi connectivity index (χ4v) is 15.7. The van der Waals surface area contributed by atoms with Gasteiger partial charge in [0.25, 0.3) is 0 Å². The van der Waals surface area contributed by atoms with Crippen LogP contribution in [-0.2, 0) is 16.2 Å². The maximum Gasteiger partial charge on any atom is 0.0714 e. The molecule has 13 aromatic rings. The Balaban J connectivity index is 1.14. The summed E-state index contributed by atoms with van der Waals surface area (Å²) < 4.78 is 5.21. The normalized spacial score (nSPS) is 13.3. The predicted molar refractivity (Wildman–Crippen MR) is 338 cm³/mol. The van der Waals surface area contributed by atoms with Crippen molar-refractivity contribution in [2.75, 3.05) is 4.90 Å². The highest BCUT2D eigenvalue weighted by atomic mass is 32.1. The molecule has 0 unspecified atom stereocenters. The summed E-state index contributed by atoms with van der Waals surface area (Å²) >= 11 is 3.85. The van der Waals surface area contributed by atoms with Crippen LogP contribution in [-0.4, -0.2) is 0 Å². The first-order chi connectivity index (χ1) is 37.9. The van der Waals surface area contributed by atoms with Gasteiger partial charge in [-0.3, -0.25) is 0 Å². The van der Waals surface area contributed by atoms with E-state index in [1.54, 1.807) is 0 Å². The number of nitrogens with zero attached hydrogens (tertiary/aromatic N) is 1. The molecule has 0 radical (unpaired) electrons. The van der Waals surface area contributed by atoms with Gasteiger partial charge in [0.05, 0.1) is 21.5 Å². The Hall–Kier alpha value is -8.08. The molecule has 1 aliphatic rings. The zero-order valence-corrected chi connectivity index (χ0v) is 47.0. The average molecular weight is 1040 g/mol. The topological polar surface area (TPSA) is 3.24 Å². The highest BCUT2D eigenvalue weighted by Gasteiger charge is 2.46. The molecule has 0 spiro atoms. The second-order valence-corrected chi connectivity index (χ2v) is 25.7. The molecule has 3 heteroatoms. The smallest absolute Gasteiger partial charge is 0.0714 e. The van der Waals surface area contributed by atoms with Gasteiger partial charge in [-0.05, 0) is 115 Å². The molecule has 14 rings (SSSR count). The molecule has 0 saturated heterocycles. The third-order valence-corrected chi connectivity index (χ3v) is 19.3. The molecule has 0 aliphatic heterocycles. The van der Waals surface area contributed by atoms with Crippen molar-refractivity contribution >= 4 is 90.9 Å². The van der Waals surface area contributed by atoms with Crippen LogP contribution in [0, 0.1) is 6.92 Å². The van der Waals surface area contributed by atoms with E-state index in [2.05, 4.69) is 290 Å². The number of aryl methyl sites for hydroxylation is 1. The van der Waals surface area contributed by atoms with E-state index in [0.29, 0.717) is 0 Å². The van der Waals surface area contributed by atoms with Crippen molar-refractivity contribution in [2.24, 2.45) is 0 Å². The highest BCUT2D eigenvalue weighted by molar-refractivity contribution is 7.26. The minimum atomic E-state index is -0.724. The Labute approximate surface area is 466 Å². The van der Waals surface area contributed by atoms with E-state index < -0.39 is 5.41 Å². The predicted octanol–water partition coefficient (Wildman–Crippen LogP) is 21.5. The quantitative estimate of drug-likeness (QED) is 0.137. The van der Waals surface area contributed by atoms with Gasteiger partial charge in [-0.15, -0.1) is 22.7 Å². The summed E-state index contributed by atoms with van der Waals surface area (Å²) in [5, 5.41) is 7.73. The van der Waals surface area contributed by atoms with E-state index in [1.165, 1.54) is 129 Å². The molecule has 2 heterocycles. The van der Waals surface area contributed by atoms with Gasteiger partial charge >= 0.3 is 0 Å². The largest absolute Gasteiger partial charge is 0.308 e. The van der Waals surface area contributed by atoms with Crippen LogP contribution in [0.2, 0.25) is 0 Å². The molecule has 0 fully saturated rings. The van der Waals surface area contributed by atoms with Gasteiger partial charge in [-0.25, -0.2) is 0 Å². The van der Waals surface area contributed by atoms with Gasteiger partial charge in [0.1, 0.15) is 0 Å². The molecular formula is C75H61NS2. The third kappa shape index (κ3) is 7.46. The van der Waals surface area contributed by atoms with Crippen LogP contribution in [0.4, 0.5) is 17.1 Å². The summed E-state index contributed by atoms with van der Waals surface area (Å²) in [6.45, 7) is 16.1. The Morgan fingerprint density at radius 1 is 0.397 bits per heavy atom. The Bertz CT molecular complexity index is 4350. The first kappa shape index (κ1) is 48.3. The van der Waals surface area contributed by atoms with E-state index >= 15 is 0 Å². The van der Waals surface area contributed by atoms with Gasteiger partial charge in [0, 0.05) is 58.2 Å². The zero-order chi connectivity index (χ0) is 53.1. The summed E-state index contributed by atoms with van der Waals surface area (Å²) in [4.78, 5) is 2.57. The number of benzene rings is 11. The van der Waals surface area contributed by atoms with E-state index in [9.17, 15) is 0 Å². The number of hydrogen-bond donors (Lipinski definition) is 0. The average Bonchev–Trinajstić information content (AvgIpc) is 2.78. The number of rotatable bonds is 8. The van der Waals surface area contributed by atoms with Gasteiger partial charge in [-0.2, -0.15) is 0 Å². The molecule has 11 aromatic carbocycles. The molecule has 2 aromatic heterocycles. The number of anilines is 3. The fourth-order valence-electron chi connectivity index (χ4n) is 13.2. The summed E-state index contributed by atoms with van der Waals surface area (Å²) in [5.74, 6) is -0.0677. The Morgan fingerprint density at radius 3 is 1.54 bits per heavy atom. The van der Waals surface area contributed by atoms with Gasteiger partial charge in [-0.1, -0.05) is 248 Å². The number of hydrogen-bond acceptors (Lipinski definition) is 3. The maximum absolute atomic E-state index is 2.67. The third-order valence-electron chi connectivity index (χ3n) is 16.9. The molecule has 378 valence electrons. The second kappa shape index (κ2) is 18.3. The lowest BCUT2D eigenvalue weighted by Crippen LogP contribution is -2.34. The lowest BCUT2D eigenvalue weighted by atomic mass is 9.59. The van der Waals surface area contributed by atoms with Crippen LogP contribution in [0.3, 0.4) is 0 Å². The van der Waals surface area contributed by atoms with Crippen molar-refractivity contribution in [3.8, 4) is 11.1 Å². The molecule has 78 heavy (non-hydrogen) atoms. The second-order valence-electron chi connectivity index (χ2n) is 23.6. The van der Waals surface area contributed by atoms with Crippen LogP contribution >= 0.6 is 22.7 Å². The molecule has 0 amide bonds.